The number of carbonyl (C=O) groups excluding carboxylic acids is 1. The second kappa shape index (κ2) is 7.42. The molecule has 0 aliphatic carbocycles. The second-order valence-corrected chi connectivity index (χ2v) is 8.71. The van der Waals surface area contributed by atoms with Crippen molar-refractivity contribution in [1.82, 2.24) is 4.31 Å². The molecule has 0 saturated carbocycles. The van der Waals surface area contributed by atoms with Crippen LogP contribution < -0.4 is 0 Å². The van der Waals surface area contributed by atoms with Gasteiger partial charge in [-0.3, -0.25) is 4.79 Å². The van der Waals surface area contributed by atoms with Crippen LogP contribution in [0.1, 0.15) is 19.8 Å². The first-order chi connectivity index (χ1) is 10.4. The van der Waals surface area contributed by atoms with E-state index in [9.17, 15) is 13.2 Å². The van der Waals surface area contributed by atoms with E-state index < -0.39 is 15.9 Å². The summed E-state index contributed by atoms with van der Waals surface area (Å²) in [5, 5.41) is 0. The fourth-order valence-corrected chi connectivity index (χ4v) is 5.41. The number of esters is 1. The molecule has 1 fully saturated rings. The van der Waals surface area contributed by atoms with Crippen LogP contribution in [0.15, 0.2) is 32.0 Å². The van der Waals surface area contributed by atoms with Crippen molar-refractivity contribution in [3.63, 3.8) is 0 Å². The Morgan fingerprint density at radius 3 is 2.82 bits per heavy atom. The van der Waals surface area contributed by atoms with E-state index in [0.717, 1.165) is 0 Å². The number of hydrogen-bond donors (Lipinski definition) is 0. The van der Waals surface area contributed by atoms with E-state index in [-0.39, 0.29) is 17.4 Å². The fourth-order valence-electron chi connectivity index (χ4n) is 2.43. The van der Waals surface area contributed by atoms with Crippen molar-refractivity contribution < 1.29 is 17.9 Å². The standard InChI is InChI=1S/C14H17Br2NO4S/c1-2-21-14(18)10-4-3-7-17(9-10)22(19,20)13-8-11(15)5-6-12(13)16/h5-6,8,10H,2-4,7,9H2,1H3/t10-/m0/s1. The van der Waals surface area contributed by atoms with Crippen molar-refractivity contribution in [3.05, 3.63) is 27.1 Å². The van der Waals surface area contributed by atoms with Gasteiger partial charge in [0.25, 0.3) is 0 Å². The van der Waals surface area contributed by atoms with E-state index in [2.05, 4.69) is 31.9 Å². The SMILES string of the molecule is CCOC(=O)[C@H]1CCCN(S(=O)(=O)c2cc(Br)ccc2Br)C1. The Morgan fingerprint density at radius 1 is 1.41 bits per heavy atom. The van der Waals surface area contributed by atoms with Gasteiger partial charge >= 0.3 is 5.97 Å². The van der Waals surface area contributed by atoms with Crippen molar-refractivity contribution in [2.24, 2.45) is 5.92 Å². The van der Waals surface area contributed by atoms with E-state index in [1.165, 1.54) is 4.31 Å². The third kappa shape index (κ3) is 3.90. The number of benzene rings is 1. The topological polar surface area (TPSA) is 63.7 Å². The van der Waals surface area contributed by atoms with Gasteiger partial charge in [0, 0.05) is 22.0 Å². The van der Waals surface area contributed by atoms with Gasteiger partial charge in [-0.05, 0) is 53.9 Å². The highest BCUT2D eigenvalue weighted by Crippen LogP contribution is 2.31. The van der Waals surface area contributed by atoms with Gasteiger partial charge in [-0.2, -0.15) is 4.31 Å². The van der Waals surface area contributed by atoms with Gasteiger partial charge in [0.2, 0.25) is 10.0 Å². The number of rotatable bonds is 4. The monoisotopic (exact) mass is 453 g/mol. The highest BCUT2D eigenvalue weighted by Gasteiger charge is 2.34. The summed E-state index contributed by atoms with van der Waals surface area (Å²) in [6.45, 7) is 2.63. The summed E-state index contributed by atoms with van der Waals surface area (Å²) in [5.41, 5.74) is 0. The Bertz CT molecular complexity index is 663. The summed E-state index contributed by atoms with van der Waals surface area (Å²) in [6.07, 6.45) is 1.30. The molecule has 1 aromatic rings. The van der Waals surface area contributed by atoms with Gasteiger partial charge in [0.15, 0.2) is 0 Å². The van der Waals surface area contributed by atoms with Crippen LogP contribution in [0, 0.1) is 5.92 Å². The largest absolute Gasteiger partial charge is 0.466 e. The van der Waals surface area contributed by atoms with Crippen LogP contribution in [0.5, 0.6) is 0 Å². The van der Waals surface area contributed by atoms with Crippen molar-refractivity contribution in [1.29, 1.82) is 0 Å². The molecule has 122 valence electrons. The molecule has 0 aromatic heterocycles. The molecule has 0 unspecified atom stereocenters. The number of sulfonamides is 1. The first-order valence-corrected chi connectivity index (χ1v) is 10.0. The molecule has 0 spiro atoms. The van der Waals surface area contributed by atoms with Gasteiger partial charge < -0.3 is 4.74 Å². The Morgan fingerprint density at radius 2 is 2.14 bits per heavy atom. The summed E-state index contributed by atoms with van der Waals surface area (Å²) in [4.78, 5) is 12.1. The molecule has 8 heteroatoms. The van der Waals surface area contributed by atoms with Crippen molar-refractivity contribution in [3.8, 4) is 0 Å². The highest BCUT2D eigenvalue weighted by atomic mass is 79.9. The molecule has 1 heterocycles. The van der Waals surface area contributed by atoms with Crippen molar-refractivity contribution in [2.45, 2.75) is 24.7 Å². The van der Waals surface area contributed by atoms with E-state index in [1.807, 2.05) is 0 Å². The highest BCUT2D eigenvalue weighted by molar-refractivity contribution is 9.11. The smallest absolute Gasteiger partial charge is 0.310 e. The molecule has 0 radical (unpaired) electrons. The Hall–Kier alpha value is -0.440. The predicted octanol–water partition coefficient (Wildman–Crippen LogP) is 3.18. The number of nitrogens with zero attached hydrogens (tertiary/aromatic N) is 1. The summed E-state index contributed by atoms with van der Waals surface area (Å²) in [5.74, 6) is -0.717. The summed E-state index contributed by atoms with van der Waals surface area (Å²) in [6, 6.07) is 5.01. The van der Waals surface area contributed by atoms with Crippen LogP contribution in [0.25, 0.3) is 0 Å². The number of hydrogen-bond acceptors (Lipinski definition) is 4. The van der Waals surface area contributed by atoms with Crippen LogP contribution in [0.4, 0.5) is 0 Å². The maximum atomic E-state index is 12.8. The van der Waals surface area contributed by atoms with Crippen LogP contribution in [-0.4, -0.2) is 38.4 Å². The molecule has 0 N–H and O–H groups in total. The normalized spacial score (nSPS) is 19.9. The lowest BCUT2D eigenvalue weighted by Crippen LogP contribution is -2.42. The fraction of sp³-hybridized carbons (Fsp3) is 0.500. The first-order valence-electron chi connectivity index (χ1n) is 6.98. The average Bonchev–Trinajstić information content (AvgIpc) is 2.50. The minimum atomic E-state index is -3.65. The molecule has 22 heavy (non-hydrogen) atoms. The molecule has 5 nitrogen and oxygen atoms in total. The predicted molar refractivity (Wildman–Crippen MR) is 90.0 cm³/mol. The van der Waals surface area contributed by atoms with E-state index in [4.69, 9.17) is 4.74 Å². The molecule has 1 aliphatic heterocycles. The molecule has 2 rings (SSSR count). The molecule has 1 aromatic carbocycles. The number of ether oxygens (including phenoxy) is 1. The van der Waals surface area contributed by atoms with Crippen LogP contribution >= 0.6 is 31.9 Å². The zero-order valence-electron chi connectivity index (χ0n) is 12.1. The zero-order valence-corrected chi connectivity index (χ0v) is 16.1. The molecule has 1 aliphatic rings. The number of piperidine rings is 1. The molecular formula is C14H17Br2NO4S. The number of halogens is 2. The third-order valence-electron chi connectivity index (χ3n) is 3.52. The van der Waals surface area contributed by atoms with Gasteiger partial charge in [0.05, 0.1) is 17.4 Å². The Labute approximate surface area is 147 Å². The third-order valence-corrected chi connectivity index (χ3v) is 6.87. The van der Waals surface area contributed by atoms with Crippen LogP contribution in [0.3, 0.4) is 0 Å². The number of carbonyl (C=O) groups is 1. The van der Waals surface area contributed by atoms with Crippen molar-refractivity contribution in [2.75, 3.05) is 19.7 Å². The lowest BCUT2D eigenvalue weighted by atomic mass is 10.0. The molecule has 1 saturated heterocycles. The van der Waals surface area contributed by atoms with Gasteiger partial charge in [-0.1, -0.05) is 15.9 Å². The summed E-state index contributed by atoms with van der Waals surface area (Å²) >= 11 is 6.57. The van der Waals surface area contributed by atoms with Gasteiger partial charge in [-0.25, -0.2) is 8.42 Å². The van der Waals surface area contributed by atoms with Gasteiger partial charge in [-0.15, -0.1) is 0 Å². The maximum absolute atomic E-state index is 12.8. The maximum Gasteiger partial charge on any atom is 0.310 e. The summed E-state index contributed by atoms with van der Waals surface area (Å²) in [7, 11) is -3.65. The second-order valence-electron chi connectivity index (χ2n) is 5.03. The Kier molecular flexibility index (Phi) is 6.04. The lowest BCUT2D eigenvalue weighted by molar-refractivity contribution is -0.149. The van der Waals surface area contributed by atoms with E-state index >= 15 is 0 Å². The van der Waals surface area contributed by atoms with E-state index in [1.54, 1.807) is 25.1 Å². The molecular weight excluding hydrogens is 438 g/mol. The van der Waals surface area contributed by atoms with E-state index in [0.29, 0.717) is 34.9 Å². The van der Waals surface area contributed by atoms with Crippen LogP contribution in [-0.2, 0) is 19.6 Å². The Balaban J connectivity index is 2.25. The first kappa shape index (κ1) is 17.9. The lowest BCUT2D eigenvalue weighted by Gasteiger charge is -2.31. The average molecular weight is 455 g/mol. The quantitative estimate of drug-likeness (QED) is 0.655. The minimum Gasteiger partial charge on any atom is -0.466 e. The molecule has 0 bridgehead atoms. The minimum absolute atomic E-state index is 0.167. The molecule has 0 amide bonds. The van der Waals surface area contributed by atoms with Crippen LogP contribution in [0.2, 0.25) is 0 Å². The van der Waals surface area contributed by atoms with Gasteiger partial charge in [0.1, 0.15) is 0 Å². The van der Waals surface area contributed by atoms with Crippen molar-refractivity contribution >= 4 is 47.9 Å². The summed E-state index contributed by atoms with van der Waals surface area (Å²) < 4.78 is 33.2. The zero-order chi connectivity index (χ0) is 16.3. The molecule has 1 atom stereocenters.